The van der Waals surface area contributed by atoms with Crippen LogP contribution in [0.1, 0.15) is 16.7 Å². The summed E-state index contributed by atoms with van der Waals surface area (Å²) in [6, 6.07) is 12.8. The fourth-order valence-electron chi connectivity index (χ4n) is 2.67. The molecular weight excluding hydrogens is 312 g/mol. The summed E-state index contributed by atoms with van der Waals surface area (Å²) in [5.41, 5.74) is 6.24. The van der Waals surface area contributed by atoms with Crippen molar-refractivity contribution in [1.29, 1.82) is 0 Å². The average Bonchev–Trinajstić information content (AvgIpc) is 2.86. The Morgan fingerprint density at radius 1 is 1.10 bits per heavy atom. The molecule has 3 aromatic rings. The lowest BCUT2D eigenvalue weighted by Gasteiger charge is -2.14. The topological polar surface area (TPSA) is 27.8 Å². The molecule has 2 N–H and O–H groups in total. The highest BCUT2D eigenvalue weighted by Gasteiger charge is 2.06. The van der Waals surface area contributed by atoms with Gasteiger partial charge in [0.2, 0.25) is 0 Å². The summed E-state index contributed by atoms with van der Waals surface area (Å²) in [6.07, 6.45) is 1.99. The quantitative estimate of drug-likeness (QED) is 0.682. The normalized spacial score (nSPS) is 10.9. The molecular formula is C17H17BrN2. The number of fused-ring (bicyclic) bond motifs is 1. The first-order valence-corrected chi connectivity index (χ1v) is 7.50. The number of benzene rings is 2. The van der Waals surface area contributed by atoms with Gasteiger partial charge in [-0.25, -0.2) is 0 Å². The number of hydrogen-bond acceptors (Lipinski definition) is 1. The van der Waals surface area contributed by atoms with Crippen LogP contribution >= 0.6 is 15.9 Å². The summed E-state index contributed by atoms with van der Waals surface area (Å²) in [5, 5.41) is 4.82. The summed E-state index contributed by atoms with van der Waals surface area (Å²) >= 11 is 3.54. The summed E-state index contributed by atoms with van der Waals surface area (Å²) < 4.78 is 1.13. The number of halogens is 1. The summed E-state index contributed by atoms with van der Waals surface area (Å²) in [6.45, 7) is 5.09. The molecule has 0 unspecified atom stereocenters. The number of rotatable bonds is 3. The van der Waals surface area contributed by atoms with Crippen molar-refractivity contribution in [3.8, 4) is 0 Å². The van der Waals surface area contributed by atoms with Gasteiger partial charge in [-0.3, -0.25) is 0 Å². The molecule has 0 fully saturated rings. The van der Waals surface area contributed by atoms with E-state index in [4.69, 9.17) is 0 Å². The molecule has 2 nitrogen and oxygen atoms in total. The fourth-order valence-corrected chi connectivity index (χ4v) is 3.36. The molecule has 0 spiro atoms. The third-order valence-electron chi connectivity index (χ3n) is 3.63. The lowest BCUT2D eigenvalue weighted by atomic mass is 10.1. The monoisotopic (exact) mass is 328 g/mol. The van der Waals surface area contributed by atoms with E-state index in [0.29, 0.717) is 0 Å². The lowest BCUT2D eigenvalue weighted by Crippen LogP contribution is -2.03. The van der Waals surface area contributed by atoms with E-state index in [1.165, 1.54) is 33.3 Å². The molecule has 0 aliphatic carbocycles. The van der Waals surface area contributed by atoms with E-state index in [0.717, 1.165) is 11.0 Å². The molecule has 1 heterocycles. The highest BCUT2D eigenvalue weighted by atomic mass is 79.9. The van der Waals surface area contributed by atoms with Crippen molar-refractivity contribution >= 4 is 32.5 Å². The second kappa shape index (κ2) is 5.33. The lowest BCUT2D eigenvalue weighted by molar-refractivity contribution is 1.13. The van der Waals surface area contributed by atoms with Gasteiger partial charge < -0.3 is 10.3 Å². The van der Waals surface area contributed by atoms with Gasteiger partial charge in [0.05, 0.1) is 5.52 Å². The van der Waals surface area contributed by atoms with Gasteiger partial charge in [0.15, 0.2) is 0 Å². The minimum absolute atomic E-state index is 0.821. The number of aryl methyl sites for hydroxylation is 2. The van der Waals surface area contributed by atoms with Gasteiger partial charge in [0.25, 0.3) is 0 Å². The van der Waals surface area contributed by atoms with E-state index in [-0.39, 0.29) is 0 Å². The van der Waals surface area contributed by atoms with E-state index < -0.39 is 0 Å². The van der Waals surface area contributed by atoms with Crippen molar-refractivity contribution in [3.63, 3.8) is 0 Å². The van der Waals surface area contributed by atoms with E-state index in [1.54, 1.807) is 0 Å². The van der Waals surface area contributed by atoms with Gasteiger partial charge in [0.1, 0.15) is 0 Å². The Labute approximate surface area is 127 Å². The van der Waals surface area contributed by atoms with Crippen LogP contribution in [0.2, 0.25) is 0 Å². The standard InChI is InChI=1S/C17H17BrN2/c1-11-8-15(18)9-12(2)16(11)20-10-14-5-3-4-13-6-7-19-17(13)14/h3-9,19-20H,10H2,1-2H3. The fraction of sp³-hybridized carbons (Fsp3) is 0.176. The first-order valence-electron chi connectivity index (χ1n) is 6.71. The summed E-state index contributed by atoms with van der Waals surface area (Å²) in [4.78, 5) is 3.32. The number of aromatic nitrogens is 1. The van der Waals surface area contributed by atoms with Gasteiger partial charge in [-0.15, -0.1) is 0 Å². The van der Waals surface area contributed by atoms with Gasteiger partial charge >= 0.3 is 0 Å². The third kappa shape index (κ3) is 2.46. The summed E-state index contributed by atoms with van der Waals surface area (Å²) in [7, 11) is 0. The number of H-pyrrole nitrogens is 1. The van der Waals surface area contributed by atoms with E-state index >= 15 is 0 Å². The van der Waals surface area contributed by atoms with E-state index in [2.05, 4.69) is 76.5 Å². The van der Waals surface area contributed by atoms with Crippen molar-refractivity contribution in [2.75, 3.05) is 5.32 Å². The Morgan fingerprint density at radius 2 is 1.85 bits per heavy atom. The van der Waals surface area contributed by atoms with E-state index in [1.807, 2.05) is 6.20 Å². The SMILES string of the molecule is Cc1cc(Br)cc(C)c1NCc1cccc2cc[nH]c12. The average molecular weight is 329 g/mol. The van der Waals surface area contributed by atoms with Crippen LogP contribution in [-0.4, -0.2) is 4.98 Å². The molecule has 3 heteroatoms. The Morgan fingerprint density at radius 3 is 2.60 bits per heavy atom. The molecule has 0 saturated carbocycles. The van der Waals surface area contributed by atoms with Crippen LogP contribution in [0.4, 0.5) is 5.69 Å². The number of anilines is 1. The highest BCUT2D eigenvalue weighted by Crippen LogP contribution is 2.26. The van der Waals surface area contributed by atoms with Gasteiger partial charge in [-0.1, -0.05) is 34.1 Å². The second-order valence-electron chi connectivity index (χ2n) is 5.13. The Bertz CT molecular complexity index is 736. The van der Waals surface area contributed by atoms with Crippen LogP contribution in [0, 0.1) is 13.8 Å². The molecule has 0 aliphatic rings. The number of aromatic amines is 1. The Hall–Kier alpha value is -1.74. The molecule has 1 aromatic heterocycles. The molecule has 0 radical (unpaired) electrons. The second-order valence-corrected chi connectivity index (χ2v) is 6.04. The molecule has 0 aliphatic heterocycles. The van der Waals surface area contributed by atoms with Crippen molar-refractivity contribution < 1.29 is 0 Å². The maximum absolute atomic E-state index is 3.57. The Balaban J connectivity index is 1.89. The zero-order valence-electron chi connectivity index (χ0n) is 11.6. The summed E-state index contributed by atoms with van der Waals surface area (Å²) in [5.74, 6) is 0. The zero-order chi connectivity index (χ0) is 14.1. The van der Waals surface area contributed by atoms with Crippen LogP contribution in [0.25, 0.3) is 10.9 Å². The molecule has 20 heavy (non-hydrogen) atoms. The molecule has 0 bridgehead atoms. The number of para-hydroxylation sites is 1. The van der Waals surface area contributed by atoms with Gasteiger partial charge in [-0.2, -0.15) is 0 Å². The molecule has 3 rings (SSSR count). The Kier molecular flexibility index (Phi) is 3.53. The molecule has 2 aromatic carbocycles. The van der Waals surface area contributed by atoms with Gasteiger partial charge in [-0.05, 0) is 54.1 Å². The minimum atomic E-state index is 0.821. The van der Waals surface area contributed by atoms with Crippen LogP contribution < -0.4 is 5.32 Å². The molecule has 0 amide bonds. The predicted octanol–water partition coefficient (Wildman–Crippen LogP) is 5.16. The number of hydrogen-bond donors (Lipinski definition) is 2. The maximum atomic E-state index is 3.57. The maximum Gasteiger partial charge on any atom is 0.0504 e. The van der Waals surface area contributed by atoms with Crippen LogP contribution in [0.5, 0.6) is 0 Å². The van der Waals surface area contributed by atoms with Crippen LogP contribution in [-0.2, 0) is 6.54 Å². The third-order valence-corrected chi connectivity index (χ3v) is 4.08. The predicted molar refractivity (Wildman–Crippen MR) is 89.2 cm³/mol. The highest BCUT2D eigenvalue weighted by molar-refractivity contribution is 9.10. The first kappa shape index (κ1) is 13.3. The van der Waals surface area contributed by atoms with Crippen molar-refractivity contribution in [2.24, 2.45) is 0 Å². The molecule has 0 atom stereocenters. The largest absolute Gasteiger partial charge is 0.380 e. The van der Waals surface area contributed by atoms with Crippen LogP contribution in [0.15, 0.2) is 47.1 Å². The van der Waals surface area contributed by atoms with Crippen LogP contribution in [0.3, 0.4) is 0 Å². The van der Waals surface area contributed by atoms with Crippen molar-refractivity contribution in [1.82, 2.24) is 4.98 Å². The zero-order valence-corrected chi connectivity index (χ0v) is 13.2. The van der Waals surface area contributed by atoms with E-state index in [9.17, 15) is 0 Å². The first-order chi connectivity index (χ1) is 9.65. The smallest absolute Gasteiger partial charge is 0.0504 e. The van der Waals surface area contributed by atoms with Crippen molar-refractivity contribution in [2.45, 2.75) is 20.4 Å². The minimum Gasteiger partial charge on any atom is -0.380 e. The molecule has 102 valence electrons. The number of nitrogens with one attached hydrogen (secondary N) is 2. The molecule has 0 saturated heterocycles. The van der Waals surface area contributed by atoms with Gasteiger partial charge in [0, 0.05) is 22.9 Å². The van der Waals surface area contributed by atoms with Crippen molar-refractivity contribution in [3.05, 3.63) is 63.8 Å².